The minimum absolute atomic E-state index is 0.596. The predicted molar refractivity (Wildman–Crippen MR) is 70.1 cm³/mol. The largest absolute Gasteiger partial charge is 0.481 e. The summed E-state index contributed by atoms with van der Waals surface area (Å²) in [4.78, 5) is 13.3. The molecule has 0 bridgehead atoms. The van der Waals surface area contributed by atoms with Crippen molar-refractivity contribution in [1.82, 2.24) is 4.90 Å². The molecule has 3 nitrogen and oxygen atoms in total. The molecule has 0 atom stereocenters. The first-order valence-corrected chi connectivity index (χ1v) is 6.84. The first kappa shape index (κ1) is 14.5. The van der Waals surface area contributed by atoms with E-state index in [9.17, 15) is 4.79 Å². The lowest BCUT2D eigenvalue weighted by Crippen LogP contribution is -2.31. The third-order valence-corrected chi connectivity index (χ3v) is 4.09. The van der Waals surface area contributed by atoms with Crippen LogP contribution in [-0.4, -0.2) is 36.1 Å². The van der Waals surface area contributed by atoms with Gasteiger partial charge in [0.25, 0.3) is 0 Å². The van der Waals surface area contributed by atoms with Crippen LogP contribution in [0.15, 0.2) is 0 Å². The van der Waals surface area contributed by atoms with Crippen LogP contribution >= 0.6 is 0 Å². The molecule has 0 aliphatic heterocycles. The van der Waals surface area contributed by atoms with E-state index in [1.54, 1.807) is 13.8 Å². The van der Waals surface area contributed by atoms with Gasteiger partial charge in [-0.3, -0.25) is 4.79 Å². The second kappa shape index (κ2) is 6.39. The molecular formula is C14H27NO2. The maximum absolute atomic E-state index is 11.0. The average molecular weight is 241 g/mol. The molecule has 3 heteroatoms. The number of carboxylic acid groups (broad SMARTS) is 1. The molecular weight excluding hydrogens is 214 g/mol. The topological polar surface area (TPSA) is 40.5 Å². The maximum Gasteiger partial charge on any atom is 0.309 e. The van der Waals surface area contributed by atoms with Crippen LogP contribution in [0, 0.1) is 11.3 Å². The quantitative estimate of drug-likeness (QED) is 0.745. The number of hydrogen-bond acceptors (Lipinski definition) is 2. The zero-order valence-electron chi connectivity index (χ0n) is 11.5. The van der Waals surface area contributed by atoms with Crippen LogP contribution in [0.3, 0.4) is 0 Å². The highest BCUT2D eigenvalue weighted by Crippen LogP contribution is 2.27. The second-order valence-electron chi connectivity index (χ2n) is 6.18. The van der Waals surface area contributed by atoms with Crippen molar-refractivity contribution in [3.05, 3.63) is 0 Å². The van der Waals surface area contributed by atoms with Gasteiger partial charge in [0.05, 0.1) is 5.41 Å². The van der Waals surface area contributed by atoms with Gasteiger partial charge in [0.1, 0.15) is 0 Å². The van der Waals surface area contributed by atoms with E-state index < -0.39 is 11.4 Å². The third kappa shape index (κ3) is 5.07. The normalized spacial score (nSPS) is 17.9. The van der Waals surface area contributed by atoms with Crippen molar-refractivity contribution in [2.45, 2.75) is 52.4 Å². The molecule has 0 radical (unpaired) electrons. The summed E-state index contributed by atoms with van der Waals surface area (Å²) in [6.45, 7) is 5.60. The Morgan fingerprint density at radius 3 is 2.41 bits per heavy atom. The van der Waals surface area contributed by atoms with Crippen molar-refractivity contribution in [1.29, 1.82) is 0 Å². The summed E-state index contributed by atoms with van der Waals surface area (Å²) in [5, 5.41) is 9.04. The third-order valence-electron chi connectivity index (χ3n) is 4.09. The number of carbonyl (C=O) groups is 1. The standard InChI is InChI=1S/C14H27NO2/c1-14(2,13(16)17)9-11-15(3)10-8-12-6-4-5-7-12/h12H,4-11H2,1-3H3,(H,16,17). The Balaban J connectivity index is 2.16. The van der Waals surface area contributed by atoms with Gasteiger partial charge in [-0.1, -0.05) is 25.7 Å². The van der Waals surface area contributed by atoms with Gasteiger partial charge >= 0.3 is 5.97 Å². The van der Waals surface area contributed by atoms with E-state index in [1.165, 1.54) is 32.1 Å². The van der Waals surface area contributed by atoms with E-state index in [-0.39, 0.29) is 0 Å². The van der Waals surface area contributed by atoms with Gasteiger partial charge in [-0.25, -0.2) is 0 Å². The van der Waals surface area contributed by atoms with Crippen LogP contribution < -0.4 is 0 Å². The minimum atomic E-state index is -0.693. The summed E-state index contributed by atoms with van der Waals surface area (Å²) < 4.78 is 0. The van der Waals surface area contributed by atoms with Crippen LogP contribution in [0.2, 0.25) is 0 Å². The Bertz CT molecular complexity index is 245. The van der Waals surface area contributed by atoms with E-state index in [0.717, 1.165) is 25.4 Å². The zero-order chi connectivity index (χ0) is 12.9. The van der Waals surface area contributed by atoms with E-state index in [4.69, 9.17) is 5.11 Å². The first-order chi connectivity index (χ1) is 7.92. The molecule has 0 aromatic heterocycles. The molecule has 100 valence electrons. The SMILES string of the molecule is CN(CCC1CCCC1)CCC(C)(C)C(=O)O. The van der Waals surface area contributed by atoms with Gasteiger partial charge in [-0.05, 0) is 52.7 Å². The number of rotatable bonds is 7. The van der Waals surface area contributed by atoms with E-state index in [2.05, 4.69) is 11.9 Å². The Labute approximate surface area is 105 Å². The Morgan fingerprint density at radius 1 is 1.29 bits per heavy atom. The van der Waals surface area contributed by atoms with E-state index >= 15 is 0 Å². The van der Waals surface area contributed by atoms with Crippen molar-refractivity contribution in [3.8, 4) is 0 Å². The van der Waals surface area contributed by atoms with Crippen molar-refractivity contribution in [2.75, 3.05) is 20.1 Å². The Hall–Kier alpha value is -0.570. The molecule has 1 aliphatic carbocycles. The fourth-order valence-electron chi connectivity index (χ4n) is 2.39. The summed E-state index contributed by atoms with van der Waals surface area (Å²) in [6.07, 6.45) is 7.61. The van der Waals surface area contributed by atoms with Gasteiger partial charge in [-0.15, -0.1) is 0 Å². The summed E-state index contributed by atoms with van der Waals surface area (Å²) in [5.41, 5.74) is -0.596. The molecule has 17 heavy (non-hydrogen) atoms. The first-order valence-electron chi connectivity index (χ1n) is 6.84. The van der Waals surface area contributed by atoms with Gasteiger partial charge < -0.3 is 10.0 Å². The van der Waals surface area contributed by atoms with Gasteiger partial charge in [0.2, 0.25) is 0 Å². The summed E-state index contributed by atoms with van der Waals surface area (Å²) >= 11 is 0. The highest BCUT2D eigenvalue weighted by Gasteiger charge is 2.27. The fraction of sp³-hybridized carbons (Fsp3) is 0.929. The van der Waals surface area contributed by atoms with E-state index in [1.807, 2.05) is 0 Å². The lowest BCUT2D eigenvalue weighted by atomic mass is 9.89. The van der Waals surface area contributed by atoms with Crippen molar-refractivity contribution in [3.63, 3.8) is 0 Å². The smallest absolute Gasteiger partial charge is 0.309 e. The summed E-state index contributed by atoms with van der Waals surface area (Å²) in [7, 11) is 2.10. The summed E-state index contributed by atoms with van der Waals surface area (Å²) in [5.74, 6) is 0.228. The molecule has 1 aliphatic rings. The van der Waals surface area contributed by atoms with Gasteiger partial charge in [0, 0.05) is 0 Å². The molecule has 1 saturated carbocycles. The molecule has 0 unspecified atom stereocenters. The molecule has 0 aromatic carbocycles. The second-order valence-corrected chi connectivity index (χ2v) is 6.18. The lowest BCUT2D eigenvalue weighted by molar-refractivity contribution is -0.147. The highest BCUT2D eigenvalue weighted by molar-refractivity contribution is 5.73. The Kier molecular flexibility index (Phi) is 5.44. The predicted octanol–water partition coefficient (Wildman–Crippen LogP) is 3.00. The molecule has 1 rings (SSSR count). The number of hydrogen-bond donors (Lipinski definition) is 1. The van der Waals surface area contributed by atoms with Crippen molar-refractivity contribution >= 4 is 5.97 Å². The van der Waals surface area contributed by atoms with Crippen LogP contribution in [0.4, 0.5) is 0 Å². The fourth-order valence-corrected chi connectivity index (χ4v) is 2.39. The number of carboxylic acids is 1. The van der Waals surface area contributed by atoms with Crippen molar-refractivity contribution < 1.29 is 9.90 Å². The molecule has 0 aromatic rings. The molecule has 0 heterocycles. The van der Waals surface area contributed by atoms with Crippen LogP contribution in [0.25, 0.3) is 0 Å². The molecule has 1 N–H and O–H groups in total. The number of aliphatic carboxylic acids is 1. The van der Waals surface area contributed by atoms with E-state index in [0.29, 0.717) is 0 Å². The minimum Gasteiger partial charge on any atom is -0.481 e. The average Bonchev–Trinajstić information content (AvgIpc) is 2.76. The molecule has 0 amide bonds. The number of nitrogens with zero attached hydrogens (tertiary/aromatic N) is 1. The monoisotopic (exact) mass is 241 g/mol. The summed E-state index contributed by atoms with van der Waals surface area (Å²) in [6, 6.07) is 0. The highest BCUT2D eigenvalue weighted by atomic mass is 16.4. The van der Waals surface area contributed by atoms with Crippen LogP contribution in [-0.2, 0) is 4.79 Å². The molecule has 0 saturated heterocycles. The lowest BCUT2D eigenvalue weighted by Gasteiger charge is -2.24. The van der Waals surface area contributed by atoms with Crippen LogP contribution in [0.1, 0.15) is 52.4 Å². The van der Waals surface area contributed by atoms with Crippen LogP contribution in [0.5, 0.6) is 0 Å². The van der Waals surface area contributed by atoms with Crippen molar-refractivity contribution in [2.24, 2.45) is 11.3 Å². The van der Waals surface area contributed by atoms with Gasteiger partial charge in [-0.2, -0.15) is 0 Å². The maximum atomic E-state index is 11.0. The molecule has 0 spiro atoms. The van der Waals surface area contributed by atoms with Gasteiger partial charge in [0.15, 0.2) is 0 Å². The Morgan fingerprint density at radius 2 is 1.88 bits per heavy atom. The zero-order valence-corrected chi connectivity index (χ0v) is 11.5. The molecule has 1 fully saturated rings.